The van der Waals surface area contributed by atoms with Crippen molar-refractivity contribution < 1.29 is 38.1 Å². The summed E-state index contributed by atoms with van der Waals surface area (Å²) in [5, 5.41) is 12.7. The zero-order valence-corrected chi connectivity index (χ0v) is 31.5. The summed E-state index contributed by atoms with van der Waals surface area (Å²) in [6, 6.07) is 42.4. The minimum absolute atomic E-state index is 0.0300. The number of ether oxygens (including phenoxy) is 3. The molecule has 6 aromatic rings. The van der Waals surface area contributed by atoms with Crippen molar-refractivity contribution in [1.82, 2.24) is 10.3 Å². The number of aromatic nitrogens is 1. The fourth-order valence-electron chi connectivity index (χ4n) is 6.86. The van der Waals surface area contributed by atoms with Gasteiger partial charge >= 0.3 is 6.09 Å². The Labute approximate surface area is 333 Å². The summed E-state index contributed by atoms with van der Waals surface area (Å²) in [4.78, 5) is 45.3. The van der Waals surface area contributed by atoms with Gasteiger partial charge in [-0.05, 0) is 28.8 Å². The maximum absolute atomic E-state index is 13.5. The number of amides is 3. The van der Waals surface area contributed by atoms with Crippen molar-refractivity contribution in [3.63, 3.8) is 0 Å². The topological polar surface area (TPSA) is 140 Å². The summed E-state index contributed by atoms with van der Waals surface area (Å²) in [7, 11) is 0. The molecule has 0 aliphatic carbocycles. The van der Waals surface area contributed by atoms with Crippen LogP contribution in [0.15, 0.2) is 149 Å². The van der Waals surface area contributed by atoms with Gasteiger partial charge in [0.1, 0.15) is 18.3 Å². The molecular formula is C45H39N3O8S. The Morgan fingerprint density at radius 2 is 1.51 bits per heavy atom. The van der Waals surface area contributed by atoms with Crippen LogP contribution in [0.3, 0.4) is 0 Å². The summed E-state index contributed by atoms with van der Waals surface area (Å²) in [6.45, 7) is -0.0445. The van der Waals surface area contributed by atoms with Gasteiger partial charge in [0, 0.05) is 28.9 Å². The number of carbonyl (C=O) groups excluding carboxylic acids is 3. The molecule has 8 rings (SSSR count). The first kappa shape index (κ1) is 37.9. The van der Waals surface area contributed by atoms with E-state index in [1.807, 2.05) is 121 Å². The van der Waals surface area contributed by atoms with E-state index < -0.39 is 30.2 Å². The minimum atomic E-state index is -1.07. The van der Waals surface area contributed by atoms with E-state index >= 15 is 0 Å². The lowest BCUT2D eigenvalue weighted by Gasteiger charge is -2.36. The van der Waals surface area contributed by atoms with Gasteiger partial charge in [-0.15, -0.1) is 0 Å². The molecule has 2 N–H and O–H groups in total. The first-order valence-electron chi connectivity index (χ1n) is 18.6. The highest BCUT2D eigenvalue weighted by molar-refractivity contribution is 7.99. The largest absolute Gasteiger partial charge is 0.445 e. The molecule has 11 nitrogen and oxygen atoms in total. The number of aliphatic hydroxyl groups excluding tert-OH is 1. The van der Waals surface area contributed by atoms with E-state index in [9.17, 15) is 19.5 Å². The van der Waals surface area contributed by atoms with Gasteiger partial charge in [-0.25, -0.2) is 14.7 Å². The van der Waals surface area contributed by atoms with E-state index in [4.69, 9.17) is 23.6 Å². The molecule has 288 valence electrons. The number of anilines is 1. The molecule has 3 heterocycles. The van der Waals surface area contributed by atoms with E-state index in [1.165, 1.54) is 11.8 Å². The minimum Gasteiger partial charge on any atom is -0.445 e. The maximum Gasteiger partial charge on any atom is 0.408 e. The Morgan fingerprint density at radius 3 is 2.23 bits per heavy atom. The lowest BCUT2D eigenvalue weighted by Crippen LogP contribution is -2.42. The second-order valence-electron chi connectivity index (χ2n) is 13.7. The zero-order chi connectivity index (χ0) is 39.1. The number of benzene rings is 5. The summed E-state index contributed by atoms with van der Waals surface area (Å²) in [5.74, 6) is 0.153. The van der Waals surface area contributed by atoms with E-state index in [1.54, 1.807) is 18.2 Å². The molecule has 2 aliphatic heterocycles. The molecule has 4 unspecified atom stereocenters. The Balaban J connectivity index is 1.00. The SMILES string of the molecule is O=C(NC1CC(=O)N(c2cccc(C3OC(CSc4nc(-c5ccccc5)c(-c5ccccc5)o4)CC(c4ccc(CO)cc4)O3)c2)C1=O)OCc1ccccc1. The summed E-state index contributed by atoms with van der Waals surface area (Å²) in [5.41, 5.74) is 6.05. The molecule has 4 atom stereocenters. The van der Waals surface area contributed by atoms with Crippen molar-refractivity contribution >= 4 is 35.4 Å². The van der Waals surface area contributed by atoms with Gasteiger partial charge < -0.3 is 29.1 Å². The lowest BCUT2D eigenvalue weighted by molar-refractivity contribution is -0.245. The predicted octanol–water partition coefficient (Wildman–Crippen LogP) is 8.40. The number of oxazole rings is 1. The fraction of sp³-hybridized carbons (Fsp3) is 0.200. The summed E-state index contributed by atoms with van der Waals surface area (Å²) >= 11 is 1.45. The number of rotatable bonds is 12. The molecule has 3 amide bonds. The quantitative estimate of drug-likeness (QED) is 0.0919. The predicted molar refractivity (Wildman–Crippen MR) is 214 cm³/mol. The van der Waals surface area contributed by atoms with Gasteiger partial charge in [0.15, 0.2) is 12.1 Å². The first-order valence-corrected chi connectivity index (χ1v) is 19.6. The molecule has 0 saturated carbocycles. The van der Waals surface area contributed by atoms with Crippen LogP contribution in [0.1, 0.15) is 47.5 Å². The van der Waals surface area contributed by atoms with Crippen molar-refractivity contribution in [1.29, 1.82) is 0 Å². The van der Waals surface area contributed by atoms with Gasteiger partial charge in [-0.3, -0.25) is 9.59 Å². The number of alkyl carbamates (subject to hydrolysis) is 1. The Hall–Kier alpha value is -6.05. The number of nitrogens with one attached hydrogen (secondary N) is 1. The van der Waals surface area contributed by atoms with Crippen LogP contribution in [0.4, 0.5) is 10.5 Å². The van der Waals surface area contributed by atoms with E-state index in [-0.39, 0.29) is 31.8 Å². The van der Waals surface area contributed by atoms with Crippen molar-refractivity contribution in [3.8, 4) is 22.6 Å². The van der Waals surface area contributed by atoms with Gasteiger partial charge in [0.05, 0.1) is 30.9 Å². The van der Waals surface area contributed by atoms with Crippen LogP contribution in [-0.4, -0.2) is 45.9 Å². The Kier molecular flexibility index (Phi) is 11.6. The Morgan fingerprint density at radius 1 is 0.807 bits per heavy atom. The van der Waals surface area contributed by atoms with Gasteiger partial charge in [-0.1, -0.05) is 139 Å². The lowest BCUT2D eigenvalue weighted by atomic mass is 10.0. The standard InChI is InChI=1S/C45H39N3O8S/c49-26-29-19-21-31(22-20-29)38-24-36(28-57-45-47-40(32-13-6-2-7-14-32)41(56-45)33-15-8-3-9-16-33)54-43(55-38)34-17-10-18-35(23-34)48-39(50)25-37(42(48)51)46-44(52)53-27-30-11-4-1-5-12-30/h1-23,36-38,43,49H,24-28H2,(H,46,52). The molecular weight excluding hydrogens is 743 g/mol. The van der Waals surface area contributed by atoms with Crippen molar-refractivity contribution in [2.24, 2.45) is 0 Å². The second-order valence-corrected chi connectivity index (χ2v) is 14.6. The number of nitrogens with zero attached hydrogens (tertiary/aromatic N) is 2. The van der Waals surface area contributed by atoms with Crippen LogP contribution < -0.4 is 10.2 Å². The molecule has 2 fully saturated rings. The van der Waals surface area contributed by atoms with Crippen molar-refractivity contribution in [2.75, 3.05) is 10.7 Å². The average molecular weight is 782 g/mol. The molecule has 2 saturated heterocycles. The monoisotopic (exact) mass is 781 g/mol. The number of hydrogen-bond acceptors (Lipinski definition) is 10. The molecule has 57 heavy (non-hydrogen) atoms. The normalized spacial score (nSPS) is 19.4. The van der Waals surface area contributed by atoms with Crippen LogP contribution in [0.25, 0.3) is 22.6 Å². The smallest absolute Gasteiger partial charge is 0.408 e. The second kappa shape index (κ2) is 17.4. The average Bonchev–Trinajstić information content (AvgIpc) is 3.82. The highest BCUT2D eigenvalue weighted by atomic mass is 32.2. The number of thioether (sulfide) groups is 1. The van der Waals surface area contributed by atoms with Crippen LogP contribution >= 0.6 is 11.8 Å². The first-order chi connectivity index (χ1) is 27.9. The fourth-order valence-corrected chi connectivity index (χ4v) is 7.70. The Bertz CT molecular complexity index is 2270. The van der Waals surface area contributed by atoms with Crippen molar-refractivity contribution in [2.45, 2.75) is 55.8 Å². The highest BCUT2D eigenvalue weighted by Gasteiger charge is 2.41. The molecule has 0 bridgehead atoms. The van der Waals surface area contributed by atoms with E-state index in [2.05, 4.69) is 5.32 Å². The van der Waals surface area contributed by atoms with Gasteiger partial charge in [-0.2, -0.15) is 0 Å². The summed E-state index contributed by atoms with van der Waals surface area (Å²) in [6.07, 6.45) is -2.02. The van der Waals surface area contributed by atoms with Crippen LogP contribution in [0.5, 0.6) is 0 Å². The third-order valence-electron chi connectivity index (χ3n) is 9.75. The zero-order valence-electron chi connectivity index (χ0n) is 30.7. The van der Waals surface area contributed by atoms with E-state index in [0.717, 1.165) is 38.4 Å². The van der Waals surface area contributed by atoms with Crippen LogP contribution in [0, 0.1) is 0 Å². The number of carbonyl (C=O) groups is 3. The molecule has 0 radical (unpaired) electrons. The van der Waals surface area contributed by atoms with E-state index in [0.29, 0.717) is 34.4 Å². The molecule has 1 aromatic heterocycles. The summed E-state index contributed by atoms with van der Waals surface area (Å²) < 4.78 is 24.8. The van der Waals surface area contributed by atoms with Crippen LogP contribution in [0.2, 0.25) is 0 Å². The van der Waals surface area contributed by atoms with Crippen LogP contribution in [-0.2, 0) is 37.0 Å². The third kappa shape index (κ3) is 8.84. The maximum atomic E-state index is 13.5. The molecule has 0 spiro atoms. The highest BCUT2D eigenvalue weighted by Crippen LogP contribution is 2.42. The molecule has 12 heteroatoms. The number of aliphatic hydroxyl groups is 1. The number of imide groups is 1. The number of hydrogen-bond donors (Lipinski definition) is 2. The van der Waals surface area contributed by atoms with Gasteiger partial charge in [0.25, 0.3) is 11.1 Å². The molecule has 2 aliphatic rings. The van der Waals surface area contributed by atoms with Gasteiger partial charge in [0.2, 0.25) is 5.91 Å². The molecule has 5 aromatic carbocycles. The van der Waals surface area contributed by atoms with Crippen molar-refractivity contribution in [3.05, 3.63) is 162 Å². The third-order valence-corrected chi connectivity index (χ3v) is 10.7.